The lowest BCUT2D eigenvalue weighted by atomic mass is 10.2. The molecule has 162 valence electrons. The molecule has 31 heavy (non-hydrogen) atoms. The number of halogens is 1. The highest BCUT2D eigenvalue weighted by Crippen LogP contribution is 2.19. The Hall–Kier alpha value is -2.62. The molecule has 3 aromatic rings. The number of hydrogen-bond acceptors (Lipinski definition) is 6. The molecule has 2 aromatic carbocycles. The Morgan fingerprint density at radius 2 is 1.61 bits per heavy atom. The summed E-state index contributed by atoms with van der Waals surface area (Å²) in [6.45, 7) is 3.52. The van der Waals surface area contributed by atoms with Crippen molar-refractivity contribution < 1.29 is 13.2 Å². The third kappa shape index (κ3) is 6.95. The summed E-state index contributed by atoms with van der Waals surface area (Å²) in [7, 11) is -3.84. The summed E-state index contributed by atoms with van der Waals surface area (Å²) in [5.41, 5.74) is 2.92. The Kier molecular flexibility index (Phi) is 7.53. The van der Waals surface area contributed by atoms with Crippen molar-refractivity contribution in [3.8, 4) is 0 Å². The first-order valence-corrected chi connectivity index (χ1v) is 12.3. The third-order valence-electron chi connectivity index (χ3n) is 4.07. The van der Waals surface area contributed by atoms with Crippen LogP contribution in [0.25, 0.3) is 0 Å². The summed E-state index contributed by atoms with van der Waals surface area (Å²) in [6, 6.07) is 15.1. The van der Waals surface area contributed by atoms with Crippen molar-refractivity contribution in [1.29, 1.82) is 0 Å². The number of carbonyl (C=O) groups excluding carboxylic acids is 1. The van der Waals surface area contributed by atoms with Crippen LogP contribution in [-0.4, -0.2) is 30.0 Å². The fraction of sp³-hybridized carbons (Fsp3) is 0.190. The number of carbonyl (C=O) groups is 1. The number of thioether (sulfide) groups is 1. The molecule has 0 spiro atoms. The van der Waals surface area contributed by atoms with E-state index in [0.717, 1.165) is 5.56 Å². The zero-order chi connectivity index (χ0) is 22.4. The highest BCUT2D eigenvalue weighted by molar-refractivity contribution is 7.99. The van der Waals surface area contributed by atoms with Crippen LogP contribution in [0.4, 0.5) is 11.6 Å². The summed E-state index contributed by atoms with van der Waals surface area (Å²) >= 11 is 7.34. The number of nitrogens with one attached hydrogen (secondary N) is 2. The molecule has 1 aromatic heterocycles. The van der Waals surface area contributed by atoms with Gasteiger partial charge < -0.3 is 5.32 Å². The number of rotatable bonds is 8. The average molecular weight is 477 g/mol. The first-order valence-electron chi connectivity index (χ1n) is 9.28. The fourth-order valence-electron chi connectivity index (χ4n) is 2.71. The molecule has 3 rings (SSSR count). The van der Waals surface area contributed by atoms with E-state index in [9.17, 15) is 13.2 Å². The molecule has 0 fully saturated rings. The summed E-state index contributed by atoms with van der Waals surface area (Å²) < 4.78 is 27.5. The first-order chi connectivity index (χ1) is 14.7. The lowest BCUT2D eigenvalue weighted by molar-refractivity contribution is -0.113. The van der Waals surface area contributed by atoms with Gasteiger partial charge in [-0.05, 0) is 61.9 Å². The van der Waals surface area contributed by atoms with Crippen molar-refractivity contribution in [3.05, 3.63) is 76.6 Å². The number of anilines is 2. The minimum absolute atomic E-state index is 0.0209. The number of benzene rings is 2. The van der Waals surface area contributed by atoms with Crippen LogP contribution in [0.3, 0.4) is 0 Å². The van der Waals surface area contributed by atoms with Crippen molar-refractivity contribution >= 4 is 50.9 Å². The molecule has 1 amide bonds. The Bertz CT molecular complexity index is 1150. The van der Waals surface area contributed by atoms with Gasteiger partial charge in [-0.15, -0.1) is 11.8 Å². The molecule has 0 saturated carbocycles. The van der Waals surface area contributed by atoms with E-state index < -0.39 is 10.0 Å². The fourth-order valence-corrected chi connectivity index (χ4v) is 4.57. The molecule has 0 bridgehead atoms. The second-order valence-electron chi connectivity index (χ2n) is 6.77. The molecule has 2 N–H and O–H groups in total. The van der Waals surface area contributed by atoms with Crippen LogP contribution >= 0.6 is 23.4 Å². The van der Waals surface area contributed by atoms with Crippen LogP contribution in [0.5, 0.6) is 0 Å². The molecule has 0 aliphatic heterocycles. The molecule has 0 unspecified atom stereocenters. The molecule has 10 heteroatoms. The lowest BCUT2D eigenvalue weighted by Crippen LogP contribution is -2.16. The van der Waals surface area contributed by atoms with Gasteiger partial charge in [-0.25, -0.2) is 23.1 Å². The number of hydrogen-bond donors (Lipinski definition) is 2. The van der Waals surface area contributed by atoms with Gasteiger partial charge in [-0.1, -0.05) is 23.7 Å². The molecule has 0 aliphatic carbocycles. The van der Waals surface area contributed by atoms with E-state index in [4.69, 9.17) is 11.6 Å². The maximum atomic E-state index is 12.6. The van der Waals surface area contributed by atoms with E-state index in [1.54, 1.807) is 32.0 Å². The standard InChI is InChI=1S/C21H21ClN4O3S2/c1-14-11-15(2)24-21(23-14)26-31(28,29)19-9-7-18(8-10-19)25-20(27)13-30-12-16-3-5-17(22)6-4-16/h3-11H,12-13H2,1-2H3,(H,25,27)(H,23,24,26). The Balaban J connectivity index is 1.55. The van der Waals surface area contributed by atoms with E-state index in [-0.39, 0.29) is 22.5 Å². The molecule has 1 heterocycles. The highest BCUT2D eigenvalue weighted by Gasteiger charge is 2.16. The smallest absolute Gasteiger partial charge is 0.264 e. The minimum Gasteiger partial charge on any atom is -0.325 e. The molecule has 0 radical (unpaired) electrons. The van der Waals surface area contributed by atoms with E-state index in [2.05, 4.69) is 20.0 Å². The van der Waals surface area contributed by atoms with Gasteiger partial charge in [0.05, 0.1) is 10.6 Å². The monoisotopic (exact) mass is 476 g/mol. The van der Waals surface area contributed by atoms with Crippen LogP contribution < -0.4 is 10.0 Å². The highest BCUT2D eigenvalue weighted by atomic mass is 35.5. The molecule has 0 atom stereocenters. The third-order valence-corrected chi connectivity index (χ3v) is 6.67. The normalized spacial score (nSPS) is 11.2. The van der Waals surface area contributed by atoms with E-state index in [0.29, 0.717) is 27.9 Å². The quantitative estimate of drug-likeness (QED) is 0.499. The van der Waals surface area contributed by atoms with Crippen LogP contribution in [0.2, 0.25) is 5.02 Å². The summed E-state index contributed by atoms with van der Waals surface area (Å²) in [4.78, 5) is 20.4. The number of sulfonamides is 1. The van der Waals surface area contributed by atoms with Gasteiger partial charge >= 0.3 is 0 Å². The molecule has 7 nitrogen and oxygen atoms in total. The van der Waals surface area contributed by atoms with E-state index in [1.807, 2.05) is 24.3 Å². The van der Waals surface area contributed by atoms with Gasteiger partial charge in [0.1, 0.15) is 0 Å². The van der Waals surface area contributed by atoms with Crippen molar-refractivity contribution in [2.75, 3.05) is 15.8 Å². The van der Waals surface area contributed by atoms with Crippen molar-refractivity contribution in [3.63, 3.8) is 0 Å². The van der Waals surface area contributed by atoms with Crippen LogP contribution in [0.1, 0.15) is 17.0 Å². The second-order valence-corrected chi connectivity index (χ2v) is 9.88. The zero-order valence-electron chi connectivity index (χ0n) is 16.9. The topological polar surface area (TPSA) is 101 Å². The molecular weight excluding hydrogens is 456 g/mol. The number of nitrogens with zero attached hydrogens (tertiary/aromatic N) is 2. The number of aromatic nitrogens is 2. The second kappa shape index (κ2) is 10.1. The van der Waals surface area contributed by atoms with Gasteiger partial charge in [0.15, 0.2) is 0 Å². The van der Waals surface area contributed by atoms with Gasteiger partial charge in [0, 0.05) is 27.9 Å². The first kappa shape index (κ1) is 23.1. The van der Waals surface area contributed by atoms with Crippen LogP contribution in [0, 0.1) is 13.8 Å². The van der Waals surface area contributed by atoms with Gasteiger partial charge in [-0.3, -0.25) is 4.79 Å². The minimum atomic E-state index is -3.84. The van der Waals surface area contributed by atoms with E-state index >= 15 is 0 Å². The predicted molar refractivity (Wildman–Crippen MR) is 125 cm³/mol. The van der Waals surface area contributed by atoms with Crippen molar-refractivity contribution in [2.24, 2.45) is 0 Å². The number of amides is 1. The largest absolute Gasteiger partial charge is 0.325 e. The summed E-state index contributed by atoms with van der Waals surface area (Å²) in [5.74, 6) is 0.811. The molecular formula is C21H21ClN4O3S2. The Morgan fingerprint density at radius 1 is 1.00 bits per heavy atom. The Morgan fingerprint density at radius 3 is 2.23 bits per heavy atom. The van der Waals surface area contributed by atoms with Crippen molar-refractivity contribution in [2.45, 2.75) is 24.5 Å². The summed E-state index contributed by atoms with van der Waals surface area (Å²) in [6.07, 6.45) is 0. The van der Waals surface area contributed by atoms with Gasteiger partial charge in [0.2, 0.25) is 11.9 Å². The SMILES string of the molecule is Cc1cc(C)nc(NS(=O)(=O)c2ccc(NC(=O)CSCc3ccc(Cl)cc3)cc2)n1. The van der Waals surface area contributed by atoms with Gasteiger partial charge in [0.25, 0.3) is 10.0 Å². The van der Waals surface area contributed by atoms with Crippen LogP contribution in [-0.2, 0) is 20.6 Å². The zero-order valence-corrected chi connectivity index (χ0v) is 19.3. The summed E-state index contributed by atoms with van der Waals surface area (Å²) in [5, 5.41) is 3.43. The maximum Gasteiger partial charge on any atom is 0.264 e. The Labute approximate surface area is 190 Å². The lowest BCUT2D eigenvalue weighted by Gasteiger charge is -2.09. The molecule has 0 saturated heterocycles. The van der Waals surface area contributed by atoms with Crippen LogP contribution in [0.15, 0.2) is 59.5 Å². The van der Waals surface area contributed by atoms with E-state index in [1.165, 1.54) is 23.9 Å². The maximum absolute atomic E-state index is 12.6. The number of aryl methyl sites for hydroxylation is 2. The van der Waals surface area contributed by atoms with Crippen molar-refractivity contribution in [1.82, 2.24) is 9.97 Å². The van der Waals surface area contributed by atoms with Gasteiger partial charge in [-0.2, -0.15) is 0 Å². The average Bonchev–Trinajstić information content (AvgIpc) is 2.69. The predicted octanol–water partition coefficient (Wildman–Crippen LogP) is 4.42. The molecule has 0 aliphatic rings.